The van der Waals surface area contributed by atoms with Crippen LogP contribution in [0.25, 0.3) is 22.6 Å². The van der Waals surface area contributed by atoms with Gasteiger partial charge in [-0.25, -0.2) is 9.67 Å². The summed E-state index contributed by atoms with van der Waals surface area (Å²) in [5.74, 6) is 2.68. The van der Waals surface area contributed by atoms with Gasteiger partial charge in [0, 0.05) is 12.0 Å². The van der Waals surface area contributed by atoms with E-state index >= 15 is 0 Å². The topological polar surface area (TPSA) is 68.9 Å². The standard InChI is InChI=1S/C17H14N4O2/c1-2-13(22-6-1)10-21-17-14(9-18-21)19-16(20-17)12-3-4-15-11(8-12)5-7-23-15/h1-4,6,8-9H,5,7,10H2,(H,19,20). The van der Waals surface area contributed by atoms with Crippen LogP contribution >= 0.6 is 0 Å². The molecule has 1 N–H and O–H groups in total. The normalized spacial score (nSPS) is 13.4. The van der Waals surface area contributed by atoms with Gasteiger partial charge in [0.25, 0.3) is 0 Å². The van der Waals surface area contributed by atoms with Crippen molar-refractivity contribution in [2.24, 2.45) is 0 Å². The van der Waals surface area contributed by atoms with Crippen molar-refractivity contribution in [3.8, 4) is 17.1 Å². The number of H-pyrrole nitrogens is 1. The van der Waals surface area contributed by atoms with Crippen molar-refractivity contribution in [3.05, 3.63) is 54.1 Å². The first kappa shape index (κ1) is 12.5. The van der Waals surface area contributed by atoms with Gasteiger partial charge in [0.2, 0.25) is 0 Å². The molecule has 0 amide bonds. The van der Waals surface area contributed by atoms with E-state index in [-0.39, 0.29) is 0 Å². The molecule has 0 fully saturated rings. The van der Waals surface area contributed by atoms with E-state index in [2.05, 4.69) is 16.1 Å². The Morgan fingerprint density at radius 1 is 1.26 bits per heavy atom. The molecule has 5 rings (SSSR count). The van der Waals surface area contributed by atoms with E-state index in [4.69, 9.17) is 14.1 Å². The molecule has 0 saturated carbocycles. The van der Waals surface area contributed by atoms with Crippen molar-refractivity contribution in [1.29, 1.82) is 0 Å². The van der Waals surface area contributed by atoms with Crippen LogP contribution in [0.2, 0.25) is 0 Å². The van der Waals surface area contributed by atoms with Crippen molar-refractivity contribution in [3.63, 3.8) is 0 Å². The van der Waals surface area contributed by atoms with Crippen molar-refractivity contribution in [2.45, 2.75) is 13.0 Å². The lowest BCUT2D eigenvalue weighted by atomic mass is 10.1. The minimum absolute atomic E-state index is 0.568. The molecule has 0 atom stereocenters. The van der Waals surface area contributed by atoms with E-state index < -0.39 is 0 Å². The molecule has 0 saturated heterocycles. The minimum Gasteiger partial charge on any atom is -0.493 e. The Labute approximate surface area is 131 Å². The second-order valence-electron chi connectivity index (χ2n) is 5.63. The van der Waals surface area contributed by atoms with E-state index in [1.165, 1.54) is 5.56 Å². The summed E-state index contributed by atoms with van der Waals surface area (Å²) in [5, 5.41) is 4.37. The maximum absolute atomic E-state index is 5.56. The fraction of sp³-hybridized carbons (Fsp3) is 0.176. The maximum atomic E-state index is 5.56. The number of fused-ring (bicyclic) bond motifs is 2. The molecule has 114 valence electrons. The van der Waals surface area contributed by atoms with E-state index in [0.717, 1.165) is 47.1 Å². The van der Waals surface area contributed by atoms with Crippen LogP contribution in [0.1, 0.15) is 11.3 Å². The van der Waals surface area contributed by atoms with E-state index in [9.17, 15) is 0 Å². The third-order valence-electron chi connectivity index (χ3n) is 4.13. The molecule has 1 aliphatic rings. The van der Waals surface area contributed by atoms with Gasteiger partial charge in [0.05, 0.1) is 19.1 Å². The average Bonchev–Trinajstić information content (AvgIpc) is 3.33. The molecule has 0 spiro atoms. The number of nitrogens with zero attached hydrogens (tertiary/aromatic N) is 3. The lowest BCUT2D eigenvalue weighted by molar-refractivity contribution is 0.357. The number of nitrogens with one attached hydrogen (secondary N) is 1. The summed E-state index contributed by atoms with van der Waals surface area (Å²) < 4.78 is 12.8. The number of furan rings is 1. The molecular weight excluding hydrogens is 292 g/mol. The van der Waals surface area contributed by atoms with Gasteiger partial charge in [-0.3, -0.25) is 0 Å². The van der Waals surface area contributed by atoms with Crippen LogP contribution in [-0.4, -0.2) is 26.4 Å². The van der Waals surface area contributed by atoms with Gasteiger partial charge in [0.1, 0.15) is 29.4 Å². The van der Waals surface area contributed by atoms with Crippen LogP contribution in [0.15, 0.2) is 47.2 Å². The molecule has 1 aliphatic heterocycles. The van der Waals surface area contributed by atoms with Crippen LogP contribution in [0.5, 0.6) is 5.75 Å². The number of aromatic nitrogens is 4. The van der Waals surface area contributed by atoms with E-state index in [1.54, 1.807) is 12.5 Å². The second-order valence-corrected chi connectivity index (χ2v) is 5.63. The minimum atomic E-state index is 0.568. The van der Waals surface area contributed by atoms with Gasteiger partial charge in [-0.2, -0.15) is 5.10 Å². The summed E-state index contributed by atoms with van der Waals surface area (Å²) in [6.07, 6.45) is 4.42. The molecule has 3 aromatic heterocycles. The summed E-state index contributed by atoms with van der Waals surface area (Å²) in [7, 11) is 0. The zero-order chi connectivity index (χ0) is 15.2. The summed E-state index contributed by atoms with van der Waals surface area (Å²) in [4.78, 5) is 8.05. The molecule has 6 nitrogen and oxygen atoms in total. The predicted octanol–water partition coefficient (Wildman–Crippen LogP) is 3.00. The highest BCUT2D eigenvalue weighted by Crippen LogP contribution is 2.30. The van der Waals surface area contributed by atoms with Crippen LogP contribution in [0, 0.1) is 0 Å². The van der Waals surface area contributed by atoms with Crippen LogP contribution < -0.4 is 4.74 Å². The van der Waals surface area contributed by atoms with E-state index in [0.29, 0.717) is 6.54 Å². The number of rotatable bonds is 3. The van der Waals surface area contributed by atoms with E-state index in [1.807, 2.05) is 28.9 Å². The van der Waals surface area contributed by atoms with Crippen molar-refractivity contribution in [1.82, 2.24) is 19.7 Å². The average molecular weight is 306 g/mol. The molecule has 4 heterocycles. The number of ether oxygens (including phenoxy) is 1. The highest BCUT2D eigenvalue weighted by atomic mass is 16.5. The Hall–Kier alpha value is -3.02. The first-order valence-electron chi connectivity index (χ1n) is 7.57. The highest BCUT2D eigenvalue weighted by Gasteiger charge is 2.16. The maximum Gasteiger partial charge on any atom is 0.177 e. The number of aromatic amines is 1. The fourth-order valence-electron chi connectivity index (χ4n) is 2.98. The molecular formula is C17H14N4O2. The van der Waals surface area contributed by atoms with Crippen LogP contribution in [0.3, 0.4) is 0 Å². The lowest BCUT2D eigenvalue weighted by Crippen LogP contribution is -2.00. The van der Waals surface area contributed by atoms with Gasteiger partial charge in [0.15, 0.2) is 5.65 Å². The second kappa shape index (κ2) is 4.74. The molecule has 0 aliphatic carbocycles. The Kier molecular flexibility index (Phi) is 2.58. The first-order chi connectivity index (χ1) is 11.4. The van der Waals surface area contributed by atoms with Crippen molar-refractivity contribution in [2.75, 3.05) is 6.61 Å². The third kappa shape index (κ3) is 2.03. The molecule has 4 aromatic rings. The smallest absolute Gasteiger partial charge is 0.177 e. The van der Waals surface area contributed by atoms with Crippen LogP contribution in [-0.2, 0) is 13.0 Å². The van der Waals surface area contributed by atoms with Crippen LogP contribution in [0.4, 0.5) is 0 Å². The first-order valence-corrected chi connectivity index (χ1v) is 7.57. The van der Waals surface area contributed by atoms with Gasteiger partial charge >= 0.3 is 0 Å². The van der Waals surface area contributed by atoms with Gasteiger partial charge < -0.3 is 14.1 Å². The Morgan fingerprint density at radius 2 is 2.26 bits per heavy atom. The molecule has 6 heteroatoms. The number of hydrogen-bond acceptors (Lipinski definition) is 4. The molecule has 1 aromatic carbocycles. The Morgan fingerprint density at radius 3 is 3.17 bits per heavy atom. The molecule has 0 bridgehead atoms. The van der Waals surface area contributed by atoms with Gasteiger partial charge in [-0.1, -0.05) is 0 Å². The van der Waals surface area contributed by atoms with Crippen molar-refractivity contribution < 1.29 is 9.15 Å². The summed E-state index contributed by atoms with van der Waals surface area (Å²) in [6, 6.07) is 10.00. The summed E-state index contributed by atoms with van der Waals surface area (Å²) in [5.41, 5.74) is 4.05. The highest BCUT2D eigenvalue weighted by molar-refractivity contribution is 5.76. The Bertz CT molecular complexity index is 982. The van der Waals surface area contributed by atoms with Gasteiger partial charge in [-0.15, -0.1) is 0 Å². The zero-order valence-electron chi connectivity index (χ0n) is 12.3. The number of benzene rings is 1. The summed E-state index contributed by atoms with van der Waals surface area (Å²) in [6.45, 7) is 1.33. The molecule has 0 radical (unpaired) electrons. The molecule has 0 unspecified atom stereocenters. The van der Waals surface area contributed by atoms with Gasteiger partial charge in [-0.05, 0) is 35.9 Å². The van der Waals surface area contributed by atoms with Crippen molar-refractivity contribution >= 4 is 11.2 Å². The number of imidazole rings is 1. The quantitative estimate of drug-likeness (QED) is 0.632. The summed E-state index contributed by atoms with van der Waals surface area (Å²) >= 11 is 0. The fourth-order valence-corrected chi connectivity index (χ4v) is 2.98. The monoisotopic (exact) mass is 306 g/mol. The Balaban J connectivity index is 1.54. The largest absolute Gasteiger partial charge is 0.493 e. The zero-order valence-corrected chi connectivity index (χ0v) is 12.3. The predicted molar refractivity (Wildman–Crippen MR) is 84.3 cm³/mol. The lowest BCUT2D eigenvalue weighted by Gasteiger charge is -2.01. The number of hydrogen-bond donors (Lipinski definition) is 1. The third-order valence-corrected chi connectivity index (χ3v) is 4.13. The molecule has 23 heavy (non-hydrogen) atoms. The SMILES string of the molecule is c1coc(Cn2ncc3[nH]c(-c4ccc5c(c4)CCO5)nc32)c1.